The van der Waals surface area contributed by atoms with E-state index in [2.05, 4.69) is 16.0 Å². The molecular formula is C26H29N3O3S. The molecule has 7 heteroatoms. The molecule has 6 nitrogen and oxygen atoms in total. The van der Waals surface area contributed by atoms with Crippen LogP contribution in [-0.4, -0.2) is 24.2 Å². The van der Waals surface area contributed by atoms with Gasteiger partial charge in [-0.15, -0.1) is 0 Å². The second-order valence-corrected chi connectivity index (χ2v) is 7.74. The average molecular weight is 464 g/mol. The molecule has 3 N–H and O–H groups in total. The van der Waals surface area contributed by atoms with E-state index in [4.69, 9.17) is 21.7 Å². The number of rotatable bonds is 9. The van der Waals surface area contributed by atoms with Crippen LogP contribution in [-0.2, 0) is 6.54 Å². The van der Waals surface area contributed by atoms with Crippen molar-refractivity contribution in [3.05, 3.63) is 83.4 Å². The molecule has 0 spiro atoms. The number of anilines is 2. The van der Waals surface area contributed by atoms with Crippen molar-refractivity contribution in [2.75, 3.05) is 23.8 Å². The molecule has 0 aliphatic rings. The molecule has 0 atom stereocenters. The van der Waals surface area contributed by atoms with Gasteiger partial charge in [0.05, 0.1) is 24.6 Å². The van der Waals surface area contributed by atoms with E-state index < -0.39 is 0 Å². The van der Waals surface area contributed by atoms with E-state index in [0.717, 1.165) is 11.1 Å². The lowest BCUT2D eigenvalue weighted by atomic mass is 10.1. The first-order valence-corrected chi connectivity index (χ1v) is 11.3. The van der Waals surface area contributed by atoms with Crippen molar-refractivity contribution in [1.29, 1.82) is 0 Å². The summed E-state index contributed by atoms with van der Waals surface area (Å²) in [6, 6.07) is 21.0. The number of hydrogen-bond donors (Lipinski definition) is 3. The van der Waals surface area contributed by atoms with Gasteiger partial charge >= 0.3 is 0 Å². The molecule has 0 saturated heterocycles. The molecule has 0 aliphatic heterocycles. The van der Waals surface area contributed by atoms with E-state index >= 15 is 0 Å². The van der Waals surface area contributed by atoms with Crippen molar-refractivity contribution in [2.24, 2.45) is 0 Å². The van der Waals surface area contributed by atoms with Crippen LogP contribution in [0.2, 0.25) is 0 Å². The Labute approximate surface area is 200 Å². The Bertz CT molecular complexity index is 1100. The van der Waals surface area contributed by atoms with Gasteiger partial charge in [0.25, 0.3) is 5.91 Å². The van der Waals surface area contributed by atoms with E-state index in [1.165, 1.54) is 0 Å². The number of aryl methyl sites for hydroxylation is 1. The first-order chi connectivity index (χ1) is 16.0. The number of amides is 1. The summed E-state index contributed by atoms with van der Waals surface area (Å²) < 4.78 is 11.6. The monoisotopic (exact) mass is 463 g/mol. The van der Waals surface area contributed by atoms with Crippen molar-refractivity contribution in [2.45, 2.75) is 27.3 Å². The van der Waals surface area contributed by atoms with Crippen LogP contribution in [0.5, 0.6) is 11.5 Å². The van der Waals surface area contributed by atoms with Gasteiger partial charge in [-0.1, -0.05) is 48.0 Å². The van der Waals surface area contributed by atoms with Gasteiger partial charge in [-0.2, -0.15) is 0 Å². The minimum atomic E-state index is -0.220. The molecule has 0 aliphatic carbocycles. The van der Waals surface area contributed by atoms with Crippen LogP contribution in [0.15, 0.2) is 66.7 Å². The molecule has 0 unspecified atom stereocenters. The van der Waals surface area contributed by atoms with Crippen molar-refractivity contribution in [3.8, 4) is 11.5 Å². The van der Waals surface area contributed by atoms with Crippen molar-refractivity contribution in [1.82, 2.24) is 5.32 Å². The summed E-state index contributed by atoms with van der Waals surface area (Å²) in [7, 11) is 0. The lowest BCUT2D eigenvalue weighted by Gasteiger charge is -2.19. The second kappa shape index (κ2) is 11.9. The Balaban J connectivity index is 1.81. The molecule has 0 fully saturated rings. The third kappa shape index (κ3) is 6.95. The van der Waals surface area contributed by atoms with Gasteiger partial charge in [0.15, 0.2) is 5.11 Å². The molecule has 3 rings (SSSR count). The number of nitrogens with one attached hydrogen (secondary N) is 3. The van der Waals surface area contributed by atoms with E-state index in [1.807, 2.05) is 69.3 Å². The first-order valence-electron chi connectivity index (χ1n) is 10.9. The fourth-order valence-corrected chi connectivity index (χ4v) is 3.41. The predicted molar refractivity (Wildman–Crippen MR) is 137 cm³/mol. The third-order valence-corrected chi connectivity index (χ3v) is 5.00. The Morgan fingerprint density at radius 1 is 0.848 bits per heavy atom. The molecule has 0 bridgehead atoms. The van der Waals surface area contributed by atoms with E-state index in [9.17, 15) is 4.79 Å². The Morgan fingerprint density at radius 2 is 1.48 bits per heavy atom. The summed E-state index contributed by atoms with van der Waals surface area (Å²) in [5, 5.41) is 9.78. The maximum Gasteiger partial charge on any atom is 0.255 e. The van der Waals surface area contributed by atoms with Crippen LogP contribution in [0.3, 0.4) is 0 Å². The number of carbonyl (C=O) groups is 1. The number of carbonyl (C=O) groups excluding carboxylic acids is 1. The highest BCUT2D eigenvalue weighted by molar-refractivity contribution is 7.80. The standard InChI is InChI=1S/C26H29N3O3S/c1-4-31-23-16-22(29-26(33)27-17-19-11-7-6-8-12-19)24(32-5-2)15-21(23)28-25(30)20-13-9-10-18(3)14-20/h6-16H,4-5,17H2,1-3H3,(H,28,30)(H2,27,29,33). The molecule has 33 heavy (non-hydrogen) atoms. The van der Waals surface area contributed by atoms with Gasteiger partial charge in [-0.05, 0) is 50.7 Å². The summed E-state index contributed by atoms with van der Waals surface area (Å²) in [5.74, 6) is 0.863. The highest BCUT2D eigenvalue weighted by Gasteiger charge is 2.16. The molecular weight excluding hydrogens is 434 g/mol. The number of benzene rings is 3. The largest absolute Gasteiger partial charge is 0.492 e. The second-order valence-electron chi connectivity index (χ2n) is 7.33. The molecule has 0 heterocycles. The van der Waals surface area contributed by atoms with E-state index in [-0.39, 0.29) is 5.91 Å². The zero-order valence-corrected chi connectivity index (χ0v) is 19.9. The fourth-order valence-electron chi connectivity index (χ4n) is 3.23. The maximum absolute atomic E-state index is 12.8. The normalized spacial score (nSPS) is 10.3. The third-order valence-electron chi connectivity index (χ3n) is 4.75. The maximum atomic E-state index is 12.8. The molecule has 0 aromatic heterocycles. The Hall–Kier alpha value is -3.58. The topological polar surface area (TPSA) is 71.6 Å². The van der Waals surface area contributed by atoms with Crippen molar-refractivity contribution < 1.29 is 14.3 Å². The molecule has 0 radical (unpaired) electrons. The van der Waals surface area contributed by atoms with Gasteiger partial charge < -0.3 is 25.4 Å². The van der Waals surface area contributed by atoms with Gasteiger partial charge in [0.2, 0.25) is 0 Å². The number of thiocarbonyl (C=S) groups is 1. The fraction of sp³-hybridized carbons (Fsp3) is 0.231. The Kier molecular flexibility index (Phi) is 8.66. The highest BCUT2D eigenvalue weighted by atomic mass is 32.1. The van der Waals surface area contributed by atoms with Gasteiger partial charge in [-0.25, -0.2) is 0 Å². The summed E-state index contributed by atoms with van der Waals surface area (Å²) in [5.41, 5.74) is 3.89. The average Bonchev–Trinajstić information content (AvgIpc) is 2.81. The van der Waals surface area contributed by atoms with Gasteiger partial charge in [-0.3, -0.25) is 4.79 Å². The summed E-state index contributed by atoms with van der Waals surface area (Å²) >= 11 is 5.48. The number of hydrogen-bond acceptors (Lipinski definition) is 4. The van der Waals surface area contributed by atoms with Gasteiger partial charge in [0, 0.05) is 24.2 Å². The summed E-state index contributed by atoms with van der Waals surface area (Å²) in [6.45, 7) is 7.24. The van der Waals surface area contributed by atoms with Crippen molar-refractivity contribution >= 4 is 34.6 Å². The zero-order chi connectivity index (χ0) is 23.6. The minimum Gasteiger partial charge on any atom is -0.492 e. The van der Waals surface area contributed by atoms with E-state index in [0.29, 0.717) is 53.3 Å². The number of ether oxygens (including phenoxy) is 2. The molecule has 3 aromatic carbocycles. The quantitative estimate of drug-likeness (QED) is 0.362. The van der Waals surface area contributed by atoms with Crippen LogP contribution < -0.4 is 25.4 Å². The van der Waals surface area contributed by atoms with Crippen LogP contribution in [0.1, 0.15) is 35.3 Å². The SMILES string of the molecule is CCOc1cc(NC(=S)NCc2ccccc2)c(OCC)cc1NC(=O)c1cccc(C)c1. The zero-order valence-electron chi connectivity index (χ0n) is 19.1. The summed E-state index contributed by atoms with van der Waals surface area (Å²) in [6.07, 6.45) is 0. The van der Waals surface area contributed by atoms with Crippen molar-refractivity contribution in [3.63, 3.8) is 0 Å². The van der Waals surface area contributed by atoms with Crippen LogP contribution in [0, 0.1) is 6.92 Å². The van der Waals surface area contributed by atoms with Crippen LogP contribution in [0.4, 0.5) is 11.4 Å². The molecule has 0 saturated carbocycles. The van der Waals surface area contributed by atoms with Crippen LogP contribution >= 0.6 is 12.2 Å². The minimum absolute atomic E-state index is 0.220. The molecule has 1 amide bonds. The highest BCUT2D eigenvalue weighted by Crippen LogP contribution is 2.37. The lowest BCUT2D eigenvalue weighted by Crippen LogP contribution is -2.28. The summed E-state index contributed by atoms with van der Waals surface area (Å²) in [4.78, 5) is 12.8. The Morgan fingerprint density at radius 3 is 2.09 bits per heavy atom. The smallest absolute Gasteiger partial charge is 0.255 e. The van der Waals surface area contributed by atoms with Crippen LogP contribution in [0.25, 0.3) is 0 Å². The predicted octanol–water partition coefficient (Wildman–Crippen LogP) is 5.53. The first kappa shape index (κ1) is 24.1. The lowest BCUT2D eigenvalue weighted by molar-refractivity contribution is 0.102. The molecule has 172 valence electrons. The molecule has 3 aromatic rings. The van der Waals surface area contributed by atoms with Gasteiger partial charge in [0.1, 0.15) is 11.5 Å². The van der Waals surface area contributed by atoms with E-state index in [1.54, 1.807) is 18.2 Å².